The molecule has 2 aromatic carbocycles. The standard InChI is InChI=1S/C30H29F3N8O3S/c1-18(2)23-11-5-19(3)13-24(23)41-26(42)16-45-29(41)37-28(43)36-25-12-6-20(14-34-25)15-39(4)27-35-17-40(38-27)21-7-9-22(10-8-21)44-30(31,32)33/h5-14,17-18H,15-16H2,1-4H3,(H,34,36,43). The van der Waals surface area contributed by atoms with Crippen LogP contribution in [0.4, 0.5) is 35.4 Å². The molecule has 1 saturated heterocycles. The molecule has 1 aliphatic rings. The number of rotatable bonds is 8. The number of aryl methyl sites for hydroxylation is 1. The summed E-state index contributed by atoms with van der Waals surface area (Å²) in [6.07, 6.45) is -1.73. The third-order valence-corrected chi connectivity index (χ3v) is 7.57. The van der Waals surface area contributed by atoms with Crippen molar-refractivity contribution in [2.75, 3.05) is 27.9 Å². The van der Waals surface area contributed by atoms with Crippen LogP contribution in [-0.2, 0) is 11.3 Å². The van der Waals surface area contributed by atoms with E-state index >= 15 is 0 Å². The van der Waals surface area contributed by atoms with Gasteiger partial charge in [-0.05, 0) is 65.9 Å². The number of carbonyl (C=O) groups is 2. The van der Waals surface area contributed by atoms with Crippen LogP contribution in [0.1, 0.15) is 36.5 Å². The SMILES string of the molecule is Cc1ccc(C(C)C)c(N2C(=O)CSC2=NC(=O)Nc2ccc(CN(C)c3ncn(-c4ccc(OC(F)(F)F)cc4)n3)cn2)c1. The van der Waals surface area contributed by atoms with E-state index in [1.807, 2.05) is 39.0 Å². The number of aromatic nitrogens is 4. The molecule has 0 bridgehead atoms. The summed E-state index contributed by atoms with van der Waals surface area (Å²) in [6.45, 7) is 6.42. The zero-order valence-corrected chi connectivity index (χ0v) is 25.6. The van der Waals surface area contributed by atoms with Gasteiger partial charge >= 0.3 is 12.4 Å². The van der Waals surface area contributed by atoms with Gasteiger partial charge in [0.25, 0.3) is 0 Å². The number of amidine groups is 1. The van der Waals surface area contributed by atoms with Crippen LogP contribution in [0.3, 0.4) is 0 Å². The Bertz CT molecular complexity index is 1720. The Morgan fingerprint density at radius 2 is 1.89 bits per heavy atom. The lowest BCUT2D eigenvalue weighted by Crippen LogP contribution is -2.31. The topological polar surface area (TPSA) is 118 Å². The number of hydrogen-bond acceptors (Lipinski definition) is 8. The van der Waals surface area contributed by atoms with Crippen LogP contribution in [0.5, 0.6) is 5.75 Å². The molecule has 0 atom stereocenters. The Hall–Kier alpha value is -4.92. The van der Waals surface area contributed by atoms with Crippen LogP contribution in [0.2, 0.25) is 0 Å². The number of thioether (sulfide) groups is 1. The van der Waals surface area contributed by atoms with Gasteiger partial charge in [-0.1, -0.05) is 43.8 Å². The van der Waals surface area contributed by atoms with Crippen molar-refractivity contribution in [3.05, 3.63) is 83.8 Å². The van der Waals surface area contributed by atoms with Crippen molar-refractivity contribution < 1.29 is 27.5 Å². The number of pyridine rings is 1. The molecule has 2 aromatic heterocycles. The zero-order valence-electron chi connectivity index (χ0n) is 24.7. The number of carbonyl (C=O) groups excluding carboxylic acids is 2. The minimum absolute atomic E-state index is 0.140. The fourth-order valence-electron chi connectivity index (χ4n) is 4.53. The number of amides is 3. The van der Waals surface area contributed by atoms with Crippen LogP contribution in [0, 0.1) is 6.92 Å². The lowest BCUT2D eigenvalue weighted by Gasteiger charge is -2.22. The van der Waals surface area contributed by atoms with E-state index in [9.17, 15) is 22.8 Å². The molecule has 4 aromatic rings. The molecule has 1 aliphatic heterocycles. The number of halogens is 3. The number of aliphatic imine (C=N–C) groups is 1. The molecular weight excluding hydrogens is 609 g/mol. The van der Waals surface area contributed by atoms with Crippen molar-refractivity contribution in [1.29, 1.82) is 0 Å². The van der Waals surface area contributed by atoms with Crippen LogP contribution < -0.4 is 19.9 Å². The third-order valence-electron chi connectivity index (χ3n) is 6.65. The lowest BCUT2D eigenvalue weighted by molar-refractivity contribution is -0.274. The number of nitrogens with one attached hydrogen (secondary N) is 1. The van der Waals surface area contributed by atoms with E-state index in [1.165, 1.54) is 51.9 Å². The summed E-state index contributed by atoms with van der Waals surface area (Å²) in [6, 6.07) is 14.0. The summed E-state index contributed by atoms with van der Waals surface area (Å²) < 4.78 is 42.6. The molecule has 11 nitrogen and oxygen atoms in total. The molecule has 234 valence electrons. The van der Waals surface area contributed by atoms with Gasteiger partial charge in [-0.2, -0.15) is 9.98 Å². The summed E-state index contributed by atoms with van der Waals surface area (Å²) in [5.41, 5.74) is 4.02. The number of benzene rings is 2. The van der Waals surface area contributed by atoms with Gasteiger partial charge in [0.15, 0.2) is 5.17 Å². The second kappa shape index (κ2) is 13.0. The zero-order chi connectivity index (χ0) is 32.3. The second-order valence-electron chi connectivity index (χ2n) is 10.5. The minimum Gasteiger partial charge on any atom is -0.406 e. The van der Waals surface area contributed by atoms with E-state index in [0.717, 1.165) is 22.4 Å². The summed E-state index contributed by atoms with van der Waals surface area (Å²) in [5, 5.41) is 7.34. The van der Waals surface area contributed by atoms with E-state index in [-0.39, 0.29) is 29.1 Å². The molecule has 0 radical (unpaired) electrons. The molecule has 45 heavy (non-hydrogen) atoms. The monoisotopic (exact) mass is 638 g/mol. The first kappa shape index (κ1) is 31.5. The molecule has 0 saturated carbocycles. The number of hydrogen-bond donors (Lipinski definition) is 1. The van der Waals surface area contributed by atoms with Gasteiger partial charge < -0.3 is 9.64 Å². The Balaban J connectivity index is 1.21. The fraction of sp³-hybridized carbons (Fsp3) is 0.267. The maximum Gasteiger partial charge on any atom is 0.573 e. The molecule has 5 rings (SSSR count). The predicted molar refractivity (Wildman–Crippen MR) is 166 cm³/mol. The smallest absolute Gasteiger partial charge is 0.406 e. The largest absolute Gasteiger partial charge is 0.573 e. The number of anilines is 3. The first-order chi connectivity index (χ1) is 21.4. The van der Waals surface area contributed by atoms with Crippen molar-refractivity contribution in [2.24, 2.45) is 4.99 Å². The van der Waals surface area contributed by atoms with Crippen LogP contribution in [0.25, 0.3) is 5.69 Å². The third kappa shape index (κ3) is 7.78. The fourth-order valence-corrected chi connectivity index (χ4v) is 5.39. The molecule has 0 unspecified atom stereocenters. The van der Waals surface area contributed by atoms with Gasteiger partial charge in [0.2, 0.25) is 11.9 Å². The maximum absolute atomic E-state index is 12.8. The molecule has 0 spiro atoms. The Labute approximate surface area is 261 Å². The predicted octanol–water partition coefficient (Wildman–Crippen LogP) is 6.30. The maximum atomic E-state index is 12.8. The van der Waals surface area contributed by atoms with Gasteiger partial charge in [-0.15, -0.1) is 18.3 Å². The highest BCUT2D eigenvalue weighted by Gasteiger charge is 2.33. The summed E-state index contributed by atoms with van der Waals surface area (Å²) in [7, 11) is 1.77. The van der Waals surface area contributed by atoms with Crippen molar-refractivity contribution >= 4 is 46.3 Å². The first-order valence-electron chi connectivity index (χ1n) is 13.8. The van der Waals surface area contributed by atoms with Gasteiger partial charge in [-0.3, -0.25) is 15.0 Å². The van der Waals surface area contributed by atoms with Crippen LogP contribution in [-0.4, -0.2) is 56.0 Å². The molecule has 1 N–H and O–H groups in total. The number of ether oxygens (including phenoxy) is 1. The van der Waals surface area contributed by atoms with Crippen LogP contribution >= 0.6 is 11.8 Å². The molecular formula is C30H29F3N8O3S. The average Bonchev–Trinajstić information content (AvgIpc) is 3.60. The molecule has 15 heteroatoms. The molecule has 3 amide bonds. The number of nitrogens with zero attached hydrogens (tertiary/aromatic N) is 7. The Morgan fingerprint density at radius 1 is 1.13 bits per heavy atom. The van der Waals surface area contributed by atoms with Crippen molar-refractivity contribution in [1.82, 2.24) is 19.7 Å². The highest BCUT2D eigenvalue weighted by atomic mass is 32.2. The molecule has 0 aliphatic carbocycles. The first-order valence-corrected chi connectivity index (χ1v) is 14.7. The van der Waals surface area contributed by atoms with Crippen LogP contribution in [0.15, 0.2) is 72.1 Å². The Kier molecular flexibility index (Phi) is 9.09. The Morgan fingerprint density at radius 3 is 2.56 bits per heavy atom. The van der Waals surface area contributed by atoms with Crippen molar-refractivity contribution in [3.8, 4) is 11.4 Å². The summed E-state index contributed by atoms with van der Waals surface area (Å²) >= 11 is 1.21. The van der Waals surface area contributed by atoms with E-state index in [0.29, 0.717) is 23.3 Å². The van der Waals surface area contributed by atoms with Gasteiger partial charge in [0.1, 0.15) is 17.9 Å². The normalized spacial score (nSPS) is 14.4. The van der Waals surface area contributed by atoms with E-state index in [4.69, 9.17) is 0 Å². The van der Waals surface area contributed by atoms with Crippen molar-refractivity contribution in [3.63, 3.8) is 0 Å². The quantitative estimate of drug-likeness (QED) is 0.239. The number of urea groups is 1. The minimum atomic E-state index is -4.77. The lowest BCUT2D eigenvalue weighted by atomic mass is 9.99. The van der Waals surface area contributed by atoms with Crippen molar-refractivity contribution in [2.45, 2.75) is 39.6 Å². The average molecular weight is 639 g/mol. The van der Waals surface area contributed by atoms with Gasteiger partial charge in [-0.25, -0.2) is 14.5 Å². The van der Waals surface area contributed by atoms with Gasteiger partial charge in [0, 0.05) is 19.8 Å². The van der Waals surface area contributed by atoms with Gasteiger partial charge in [0.05, 0.1) is 17.1 Å². The van der Waals surface area contributed by atoms with E-state index in [1.54, 1.807) is 30.3 Å². The van der Waals surface area contributed by atoms with E-state index < -0.39 is 12.4 Å². The highest BCUT2D eigenvalue weighted by molar-refractivity contribution is 8.15. The summed E-state index contributed by atoms with van der Waals surface area (Å²) in [5.74, 6) is 0.550. The van der Waals surface area contributed by atoms with E-state index in [2.05, 4.69) is 30.1 Å². The molecule has 1 fully saturated rings. The molecule has 3 heterocycles. The highest BCUT2D eigenvalue weighted by Crippen LogP contribution is 2.34. The number of alkyl halides is 3. The summed E-state index contributed by atoms with van der Waals surface area (Å²) in [4.78, 5) is 41.6. The second-order valence-corrected chi connectivity index (χ2v) is 11.4.